The fourth-order valence-electron chi connectivity index (χ4n) is 2.15. The zero-order chi connectivity index (χ0) is 12.8. The van der Waals surface area contributed by atoms with Gasteiger partial charge in [-0.2, -0.15) is 0 Å². The first-order valence-electron chi connectivity index (χ1n) is 6.76. The number of amides is 1. The molecule has 0 bridgehead atoms. The Morgan fingerprint density at radius 2 is 2.12 bits per heavy atom. The number of hydrogen-bond donors (Lipinski definition) is 3. The third kappa shape index (κ3) is 4.64. The van der Waals surface area contributed by atoms with E-state index in [1.807, 2.05) is 13.8 Å². The van der Waals surface area contributed by atoms with E-state index >= 15 is 0 Å². The molecule has 1 rings (SSSR count). The van der Waals surface area contributed by atoms with Crippen LogP contribution in [0.2, 0.25) is 0 Å². The van der Waals surface area contributed by atoms with Gasteiger partial charge in [0.05, 0.1) is 12.1 Å². The minimum Gasteiger partial charge on any atom is -0.393 e. The van der Waals surface area contributed by atoms with E-state index in [2.05, 4.69) is 17.6 Å². The number of nitrogens with one attached hydrogen (secondary N) is 2. The highest BCUT2D eigenvalue weighted by atomic mass is 16.3. The molecular formula is C13H26N2O2. The maximum Gasteiger partial charge on any atom is 0.237 e. The Balaban J connectivity index is 2.24. The second kappa shape index (κ2) is 6.97. The smallest absolute Gasteiger partial charge is 0.237 e. The summed E-state index contributed by atoms with van der Waals surface area (Å²) in [6, 6.07) is 0.0422. The highest BCUT2D eigenvalue weighted by molar-refractivity contribution is 5.81. The predicted octanol–water partition coefficient (Wildman–Crippen LogP) is 1.04. The molecule has 0 radical (unpaired) electrons. The molecule has 1 aliphatic carbocycles. The van der Waals surface area contributed by atoms with Crippen molar-refractivity contribution < 1.29 is 9.90 Å². The molecule has 1 aliphatic rings. The van der Waals surface area contributed by atoms with Gasteiger partial charge in [-0.1, -0.05) is 13.3 Å². The summed E-state index contributed by atoms with van der Waals surface area (Å²) in [5.41, 5.74) is 0. The van der Waals surface area contributed by atoms with E-state index in [4.69, 9.17) is 0 Å². The van der Waals surface area contributed by atoms with Crippen LogP contribution in [0.1, 0.15) is 46.5 Å². The molecule has 3 N–H and O–H groups in total. The number of carbonyl (C=O) groups excluding carboxylic acids is 1. The SMILES string of the molecule is CCC(C)NC(=O)C(C)NCC1CCCC1O. The fraction of sp³-hybridized carbons (Fsp3) is 0.923. The van der Waals surface area contributed by atoms with Crippen LogP contribution in [-0.4, -0.2) is 35.7 Å². The molecule has 4 heteroatoms. The van der Waals surface area contributed by atoms with Crippen molar-refractivity contribution in [1.29, 1.82) is 0 Å². The summed E-state index contributed by atoms with van der Waals surface area (Å²) in [7, 11) is 0. The lowest BCUT2D eigenvalue weighted by atomic mass is 10.1. The topological polar surface area (TPSA) is 61.4 Å². The Morgan fingerprint density at radius 1 is 1.41 bits per heavy atom. The lowest BCUT2D eigenvalue weighted by molar-refractivity contribution is -0.123. The van der Waals surface area contributed by atoms with E-state index < -0.39 is 0 Å². The van der Waals surface area contributed by atoms with Gasteiger partial charge in [0.2, 0.25) is 5.91 Å². The second-order valence-electron chi connectivity index (χ2n) is 5.21. The first kappa shape index (κ1) is 14.5. The maximum atomic E-state index is 11.8. The van der Waals surface area contributed by atoms with Crippen LogP contribution in [0.5, 0.6) is 0 Å². The molecule has 0 aromatic carbocycles. The molecule has 100 valence electrons. The Hall–Kier alpha value is -0.610. The molecule has 1 amide bonds. The van der Waals surface area contributed by atoms with Crippen molar-refractivity contribution in [2.45, 2.75) is 64.6 Å². The summed E-state index contributed by atoms with van der Waals surface area (Å²) in [5.74, 6) is 0.362. The van der Waals surface area contributed by atoms with Crippen molar-refractivity contribution in [3.05, 3.63) is 0 Å². The summed E-state index contributed by atoms with van der Waals surface area (Å²) in [4.78, 5) is 11.8. The van der Waals surface area contributed by atoms with Crippen molar-refractivity contribution in [2.75, 3.05) is 6.54 Å². The molecule has 4 atom stereocenters. The summed E-state index contributed by atoms with van der Waals surface area (Å²) >= 11 is 0. The van der Waals surface area contributed by atoms with Gasteiger partial charge in [0, 0.05) is 12.6 Å². The van der Waals surface area contributed by atoms with Crippen molar-refractivity contribution in [3.63, 3.8) is 0 Å². The van der Waals surface area contributed by atoms with Gasteiger partial charge in [0.1, 0.15) is 0 Å². The van der Waals surface area contributed by atoms with Gasteiger partial charge in [-0.05, 0) is 39.0 Å². The monoisotopic (exact) mass is 242 g/mol. The lowest BCUT2D eigenvalue weighted by Crippen LogP contribution is -2.47. The van der Waals surface area contributed by atoms with E-state index in [0.717, 1.165) is 32.2 Å². The normalized spacial score (nSPS) is 27.8. The first-order chi connectivity index (χ1) is 8.04. The molecule has 17 heavy (non-hydrogen) atoms. The minimum absolute atomic E-state index is 0.0480. The molecular weight excluding hydrogens is 216 g/mol. The Morgan fingerprint density at radius 3 is 2.65 bits per heavy atom. The largest absolute Gasteiger partial charge is 0.393 e. The van der Waals surface area contributed by atoms with Gasteiger partial charge in [-0.25, -0.2) is 0 Å². The first-order valence-corrected chi connectivity index (χ1v) is 6.76. The zero-order valence-electron chi connectivity index (χ0n) is 11.2. The summed E-state index contributed by atoms with van der Waals surface area (Å²) in [6.45, 7) is 6.67. The van der Waals surface area contributed by atoms with Crippen LogP contribution in [0.15, 0.2) is 0 Å². The van der Waals surface area contributed by atoms with E-state index in [1.165, 1.54) is 0 Å². The van der Waals surface area contributed by atoms with Crippen molar-refractivity contribution >= 4 is 5.91 Å². The molecule has 0 saturated heterocycles. The zero-order valence-corrected chi connectivity index (χ0v) is 11.2. The average molecular weight is 242 g/mol. The average Bonchev–Trinajstić information content (AvgIpc) is 2.71. The van der Waals surface area contributed by atoms with E-state index in [9.17, 15) is 9.90 Å². The molecule has 4 nitrogen and oxygen atoms in total. The molecule has 0 aliphatic heterocycles. The molecule has 0 aromatic rings. The fourth-order valence-corrected chi connectivity index (χ4v) is 2.15. The Labute approximate surface area is 104 Å². The van der Waals surface area contributed by atoms with Gasteiger partial charge in [-0.3, -0.25) is 4.79 Å². The van der Waals surface area contributed by atoms with E-state index in [-0.39, 0.29) is 24.1 Å². The minimum atomic E-state index is -0.188. The number of hydrogen-bond acceptors (Lipinski definition) is 3. The maximum absolute atomic E-state index is 11.8. The molecule has 1 fully saturated rings. The van der Waals surface area contributed by atoms with Gasteiger partial charge < -0.3 is 15.7 Å². The van der Waals surface area contributed by atoms with Crippen LogP contribution in [0.25, 0.3) is 0 Å². The molecule has 0 spiro atoms. The predicted molar refractivity (Wildman–Crippen MR) is 68.7 cm³/mol. The van der Waals surface area contributed by atoms with Crippen LogP contribution in [0, 0.1) is 5.92 Å². The van der Waals surface area contributed by atoms with Crippen LogP contribution in [-0.2, 0) is 4.79 Å². The van der Waals surface area contributed by atoms with Gasteiger partial charge in [0.15, 0.2) is 0 Å². The number of carbonyl (C=O) groups is 1. The third-order valence-corrected chi connectivity index (χ3v) is 3.70. The molecule has 4 unspecified atom stereocenters. The summed E-state index contributed by atoms with van der Waals surface area (Å²) in [5, 5.41) is 15.8. The Bertz CT molecular complexity index is 246. The number of aliphatic hydroxyl groups is 1. The van der Waals surface area contributed by atoms with E-state index in [1.54, 1.807) is 0 Å². The Kier molecular flexibility index (Phi) is 5.92. The van der Waals surface area contributed by atoms with Gasteiger partial charge in [0.25, 0.3) is 0 Å². The van der Waals surface area contributed by atoms with Crippen LogP contribution >= 0.6 is 0 Å². The van der Waals surface area contributed by atoms with Gasteiger partial charge in [-0.15, -0.1) is 0 Å². The van der Waals surface area contributed by atoms with E-state index in [0.29, 0.717) is 5.92 Å². The lowest BCUT2D eigenvalue weighted by Gasteiger charge is -2.20. The molecule has 1 saturated carbocycles. The number of rotatable bonds is 6. The van der Waals surface area contributed by atoms with Crippen molar-refractivity contribution in [1.82, 2.24) is 10.6 Å². The van der Waals surface area contributed by atoms with Crippen molar-refractivity contribution in [3.8, 4) is 0 Å². The highest BCUT2D eigenvalue weighted by Crippen LogP contribution is 2.24. The van der Waals surface area contributed by atoms with Crippen LogP contribution in [0.3, 0.4) is 0 Å². The van der Waals surface area contributed by atoms with Gasteiger partial charge >= 0.3 is 0 Å². The summed E-state index contributed by atoms with van der Waals surface area (Å²) in [6.07, 6.45) is 3.82. The molecule has 0 aromatic heterocycles. The molecule has 0 heterocycles. The summed E-state index contributed by atoms with van der Waals surface area (Å²) < 4.78 is 0. The van der Waals surface area contributed by atoms with Crippen molar-refractivity contribution in [2.24, 2.45) is 5.92 Å². The standard InChI is InChI=1S/C13H26N2O2/c1-4-9(2)15-13(17)10(3)14-8-11-6-5-7-12(11)16/h9-12,14,16H,4-8H2,1-3H3,(H,15,17). The second-order valence-corrected chi connectivity index (χ2v) is 5.21. The third-order valence-electron chi connectivity index (χ3n) is 3.70. The van der Waals surface area contributed by atoms with Crippen LogP contribution < -0.4 is 10.6 Å². The quantitative estimate of drug-likeness (QED) is 0.652. The number of aliphatic hydroxyl groups excluding tert-OH is 1. The highest BCUT2D eigenvalue weighted by Gasteiger charge is 2.26. The van der Waals surface area contributed by atoms with Crippen LogP contribution in [0.4, 0.5) is 0 Å².